The van der Waals surface area contributed by atoms with Crippen molar-refractivity contribution < 1.29 is 9.53 Å². The molecular weight excluding hydrogens is 330 g/mol. The molecule has 1 saturated heterocycles. The number of ether oxygens (including phenoxy) is 1. The number of amides is 1. The van der Waals surface area contributed by atoms with E-state index in [9.17, 15) is 4.79 Å². The van der Waals surface area contributed by atoms with Crippen LogP contribution in [0.2, 0.25) is 0 Å². The summed E-state index contributed by atoms with van der Waals surface area (Å²) in [6, 6.07) is 4.49. The van der Waals surface area contributed by atoms with E-state index in [1.165, 1.54) is 11.1 Å². The number of rotatable bonds is 8. The van der Waals surface area contributed by atoms with Crippen LogP contribution in [0.25, 0.3) is 0 Å². The molecule has 7 heteroatoms. The van der Waals surface area contributed by atoms with Crippen LogP contribution in [0.4, 0.5) is 0 Å². The Balaban J connectivity index is 1.67. The third-order valence-electron chi connectivity index (χ3n) is 4.82. The molecule has 3 heterocycles. The molecule has 0 saturated carbocycles. The molecule has 2 N–H and O–H groups in total. The van der Waals surface area contributed by atoms with E-state index in [-0.39, 0.29) is 6.61 Å². The molecule has 3 rings (SSSR count). The highest BCUT2D eigenvalue weighted by Gasteiger charge is 2.34. The summed E-state index contributed by atoms with van der Waals surface area (Å²) in [5.74, 6) is 0.240. The Morgan fingerprint density at radius 2 is 2.12 bits per heavy atom. The van der Waals surface area contributed by atoms with Crippen LogP contribution < -0.4 is 5.73 Å². The van der Waals surface area contributed by atoms with E-state index >= 15 is 0 Å². The normalized spacial score (nSPS) is 20.7. The summed E-state index contributed by atoms with van der Waals surface area (Å²) in [5, 5.41) is 4.43. The van der Waals surface area contributed by atoms with Gasteiger partial charge in [0.05, 0.1) is 12.8 Å². The van der Waals surface area contributed by atoms with E-state index in [2.05, 4.69) is 47.2 Å². The SMILES string of the molecule is CC(C)n1cc(CN2C[C@@H](COCC(N)=O)[C@H](c3ccncc3)C2)cn1. The molecule has 26 heavy (non-hydrogen) atoms. The molecule has 140 valence electrons. The molecule has 7 nitrogen and oxygen atoms in total. The average molecular weight is 357 g/mol. The number of primary amides is 1. The summed E-state index contributed by atoms with van der Waals surface area (Å²) in [4.78, 5) is 17.5. The van der Waals surface area contributed by atoms with E-state index in [1.807, 2.05) is 23.3 Å². The van der Waals surface area contributed by atoms with E-state index in [4.69, 9.17) is 10.5 Å². The second kappa shape index (κ2) is 8.42. The number of carbonyl (C=O) groups excluding carboxylic acids is 1. The molecule has 0 radical (unpaired) electrons. The Bertz CT molecular complexity index is 716. The molecule has 1 aliphatic heterocycles. The predicted octanol–water partition coefficient (Wildman–Crippen LogP) is 1.58. The highest BCUT2D eigenvalue weighted by molar-refractivity contribution is 5.74. The smallest absolute Gasteiger partial charge is 0.243 e. The fourth-order valence-corrected chi connectivity index (χ4v) is 3.56. The monoisotopic (exact) mass is 357 g/mol. The lowest BCUT2D eigenvalue weighted by atomic mass is 9.90. The van der Waals surface area contributed by atoms with Crippen LogP contribution in [0.5, 0.6) is 0 Å². The molecule has 2 aromatic heterocycles. The fourth-order valence-electron chi connectivity index (χ4n) is 3.56. The Morgan fingerprint density at radius 3 is 2.77 bits per heavy atom. The average Bonchev–Trinajstić information content (AvgIpc) is 3.23. The van der Waals surface area contributed by atoms with Gasteiger partial charge >= 0.3 is 0 Å². The number of carbonyl (C=O) groups is 1. The number of nitrogens with two attached hydrogens (primary N) is 1. The fraction of sp³-hybridized carbons (Fsp3) is 0.526. The number of aromatic nitrogens is 3. The zero-order valence-electron chi connectivity index (χ0n) is 15.4. The lowest BCUT2D eigenvalue weighted by Crippen LogP contribution is -2.24. The molecule has 0 aromatic carbocycles. The molecule has 0 unspecified atom stereocenters. The van der Waals surface area contributed by atoms with Gasteiger partial charge in [-0.1, -0.05) is 0 Å². The third-order valence-corrected chi connectivity index (χ3v) is 4.82. The van der Waals surface area contributed by atoms with Crippen LogP contribution in [-0.4, -0.2) is 51.9 Å². The van der Waals surface area contributed by atoms with Crippen molar-refractivity contribution in [3.63, 3.8) is 0 Å². The van der Waals surface area contributed by atoms with E-state index in [0.717, 1.165) is 19.6 Å². The van der Waals surface area contributed by atoms with E-state index in [0.29, 0.717) is 24.5 Å². The molecule has 1 amide bonds. The maximum atomic E-state index is 11.0. The van der Waals surface area contributed by atoms with Gasteiger partial charge in [0.15, 0.2) is 0 Å². The van der Waals surface area contributed by atoms with Crippen molar-refractivity contribution in [1.82, 2.24) is 19.7 Å². The maximum absolute atomic E-state index is 11.0. The van der Waals surface area contributed by atoms with Crippen molar-refractivity contribution in [3.8, 4) is 0 Å². The van der Waals surface area contributed by atoms with Crippen molar-refractivity contribution >= 4 is 5.91 Å². The molecule has 1 fully saturated rings. The van der Waals surface area contributed by atoms with Crippen LogP contribution in [0, 0.1) is 5.92 Å². The standard InChI is InChI=1S/C19H27N5O2/c1-14(2)24-9-15(7-22-24)8-23-10-17(12-26-13-19(20)25)18(11-23)16-3-5-21-6-4-16/h3-7,9,14,17-18H,8,10-13H2,1-2H3,(H2,20,25)/t17-,18-/m0/s1. The van der Waals surface area contributed by atoms with Gasteiger partial charge in [0, 0.05) is 61.7 Å². The first-order valence-electron chi connectivity index (χ1n) is 9.04. The van der Waals surface area contributed by atoms with Gasteiger partial charge in [-0.15, -0.1) is 0 Å². The van der Waals surface area contributed by atoms with Gasteiger partial charge in [-0.25, -0.2) is 0 Å². The van der Waals surface area contributed by atoms with Gasteiger partial charge in [-0.2, -0.15) is 5.10 Å². The minimum Gasteiger partial charge on any atom is -0.371 e. The van der Waals surface area contributed by atoms with Crippen LogP contribution in [-0.2, 0) is 16.1 Å². The quantitative estimate of drug-likeness (QED) is 0.775. The number of nitrogens with zero attached hydrogens (tertiary/aromatic N) is 4. The zero-order valence-corrected chi connectivity index (χ0v) is 15.4. The van der Waals surface area contributed by atoms with Gasteiger partial charge in [-0.3, -0.25) is 19.4 Å². The molecule has 2 atom stereocenters. The molecular formula is C19H27N5O2. The second-order valence-electron chi connectivity index (χ2n) is 7.24. The summed E-state index contributed by atoms with van der Waals surface area (Å²) in [6.45, 7) is 7.47. The van der Waals surface area contributed by atoms with Crippen LogP contribution in [0.3, 0.4) is 0 Å². The molecule has 0 spiro atoms. The van der Waals surface area contributed by atoms with Crippen molar-refractivity contribution in [3.05, 3.63) is 48.0 Å². The molecule has 0 aliphatic carbocycles. The van der Waals surface area contributed by atoms with Crippen molar-refractivity contribution in [2.45, 2.75) is 32.4 Å². The largest absolute Gasteiger partial charge is 0.371 e. The van der Waals surface area contributed by atoms with Gasteiger partial charge < -0.3 is 10.5 Å². The topological polar surface area (TPSA) is 86.3 Å². The summed E-state index contributed by atoms with van der Waals surface area (Å²) in [5.41, 5.74) is 7.66. The van der Waals surface area contributed by atoms with Crippen molar-refractivity contribution in [2.24, 2.45) is 11.7 Å². The Morgan fingerprint density at radius 1 is 1.35 bits per heavy atom. The summed E-state index contributed by atoms with van der Waals surface area (Å²) < 4.78 is 7.52. The Kier molecular flexibility index (Phi) is 6.00. The minimum absolute atomic E-state index is 0.0271. The first-order chi connectivity index (χ1) is 12.5. The maximum Gasteiger partial charge on any atom is 0.243 e. The predicted molar refractivity (Wildman–Crippen MR) is 98.4 cm³/mol. The minimum atomic E-state index is -0.429. The summed E-state index contributed by atoms with van der Waals surface area (Å²) in [6.07, 6.45) is 7.71. The van der Waals surface area contributed by atoms with Gasteiger partial charge in [-0.05, 0) is 31.5 Å². The lowest BCUT2D eigenvalue weighted by molar-refractivity contribution is -0.122. The highest BCUT2D eigenvalue weighted by Crippen LogP contribution is 2.33. The number of pyridine rings is 1. The summed E-state index contributed by atoms with van der Waals surface area (Å²) in [7, 11) is 0. The van der Waals surface area contributed by atoms with Crippen LogP contribution in [0.1, 0.15) is 36.9 Å². The van der Waals surface area contributed by atoms with Gasteiger partial charge in [0.25, 0.3) is 0 Å². The number of likely N-dealkylation sites (tertiary alicyclic amines) is 1. The zero-order chi connectivity index (χ0) is 18.5. The summed E-state index contributed by atoms with van der Waals surface area (Å²) >= 11 is 0. The van der Waals surface area contributed by atoms with E-state index in [1.54, 1.807) is 0 Å². The molecule has 2 aromatic rings. The number of hydrogen-bond donors (Lipinski definition) is 1. The van der Waals surface area contributed by atoms with Crippen molar-refractivity contribution in [2.75, 3.05) is 26.3 Å². The Hall–Kier alpha value is -2.25. The van der Waals surface area contributed by atoms with Crippen molar-refractivity contribution in [1.29, 1.82) is 0 Å². The first kappa shape index (κ1) is 18.5. The van der Waals surface area contributed by atoms with Crippen LogP contribution >= 0.6 is 0 Å². The van der Waals surface area contributed by atoms with Crippen LogP contribution in [0.15, 0.2) is 36.9 Å². The van der Waals surface area contributed by atoms with E-state index < -0.39 is 5.91 Å². The molecule has 1 aliphatic rings. The van der Waals surface area contributed by atoms with Gasteiger partial charge in [0.2, 0.25) is 5.91 Å². The first-order valence-corrected chi connectivity index (χ1v) is 9.04. The number of hydrogen-bond acceptors (Lipinski definition) is 5. The Labute approximate surface area is 154 Å². The van der Waals surface area contributed by atoms with Gasteiger partial charge in [0.1, 0.15) is 6.61 Å². The third kappa shape index (κ3) is 4.68. The highest BCUT2D eigenvalue weighted by atomic mass is 16.5. The second-order valence-corrected chi connectivity index (χ2v) is 7.24. The lowest BCUT2D eigenvalue weighted by Gasteiger charge is -2.18. The molecule has 0 bridgehead atoms.